The van der Waals surface area contributed by atoms with E-state index >= 15 is 0 Å². The van der Waals surface area contributed by atoms with Crippen molar-refractivity contribution < 1.29 is 4.74 Å². The number of ether oxygens (including phenoxy) is 1. The predicted molar refractivity (Wildman–Crippen MR) is 71.8 cm³/mol. The second-order valence-electron chi connectivity index (χ2n) is 4.55. The summed E-state index contributed by atoms with van der Waals surface area (Å²) in [5.74, 6) is 0.991. The number of anilines is 1. The van der Waals surface area contributed by atoms with Gasteiger partial charge in [-0.1, -0.05) is 19.9 Å². The van der Waals surface area contributed by atoms with Crippen molar-refractivity contribution in [3.8, 4) is 11.8 Å². The highest BCUT2D eigenvalue weighted by Crippen LogP contribution is 2.22. The lowest BCUT2D eigenvalue weighted by atomic mass is 10.1. The Kier molecular flexibility index (Phi) is 3.46. The van der Waals surface area contributed by atoms with Crippen molar-refractivity contribution in [3.63, 3.8) is 0 Å². The number of nitrogens with zero attached hydrogens (tertiary/aromatic N) is 2. The maximum Gasteiger partial charge on any atom is 0.322 e. The molecular formula is C14H17N3O. The van der Waals surface area contributed by atoms with Gasteiger partial charge in [-0.15, -0.1) is 0 Å². The van der Waals surface area contributed by atoms with E-state index < -0.39 is 0 Å². The van der Waals surface area contributed by atoms with E-state index in [-0.39, 0.29) is 0 Å². The van der Waals surface area contributed by atoms with Gasteiger partial charge in [-0.05, 0) is 31.0 Å². The summed E-state index contributed by atoms with van der Waals surface area (Å²) >= 11 is 0. The highest BCUT2D eigenvalue weighted by molar-refractivity contribution is 5.44. The number of benzene rings is 1. The van der Waals surface area contributed by atoms with E-state index in [0.717, 1.165) is 11.4 Å². The van der Waals surface area contributed by atoms with Crippen LogP contribution in [0.5, 0.6) is 11.8 Å². The quantitative estimate of drug-likeness (QED) is 0.840. The molecular weight excluding hydrogens is 226 g/mol. The molecule has 94 valence electrons. The Morgan fingerprint density at radius 3 is 2.61 bits per heavy atom. The third-order valence-corrected chi connectivity index (χ3v) is 2.51. The number of aryl methyl sites for hydroxylation is 1. The normalized spacial score (nSPS) is 10.7. The van der Waals surface area contributed by atoms with Gasteiger partial charge in [-0.3, -0.25) is 0 Å². The Hall–Kier alpha value is -2.10. The first-order valence-electron chi connectivity index (χ1n) is 5.93. The van der Waals surface area contributed by atoms with Gasteiger partial charge in [0.05, 0.1) is 5.69 Å². The van der Waals surface area contributed by atoms with E-state index in [0.29, 0.717) is 23.4 Å². The molecule has 4 heteroatoms. The van der Waals surface area contributed by atoms with E-state index in [2.05, 4.69) is 23.8 Å². The van der Waals surface area contributed by atoms with Crippen molar-refractivity contribution in [2.75, 3.05) is 5.73 Å². The smallest absolute Gasteiger partial charge is 0.322 e. The average Bonchev–Trinajstić information content (AvgIpc) is 2.28. The Labute approximate surface area is 107 Å². The monoisotopic (exact) mass is 243 g/mol. The fraction of sp³-hybridized carbons (Fsp3) is 0.286. The molecule has 1 heterocycles. The molecule has 18 heavy (non-hydrogen) atoms. The zero-order valence-electron chi connectivity index (χ0n) is 10.8. The van der Waals surface area contributed by atoms with Gasteiger partial charge < -0.3 is 10.5 Å². The van der Waals surface area contributed by atoms with Gasteiger partial charge in [-0.2, -0.15) is 4.98 Å². The zero-order chi connectivity index (χ0) is 13.1. The van der Waals surface area contributed by atoms with Gasteiger partial charge in [0.2, 0.25) is 0 Å². The van der Waals surface area contributed by atoms with Crippen molar-refractivity contribution in [2.45, 2.75) is 26.7 Å². The standard InChI is InChI=1S/C14H17N3O/c1-9(2)13-7-10(3)16-14(17-13)18-12-6-4-5-11(15)8-12/h4-9H,15H2,1-3H3. The lowest BCUT2D eigenvalue weighted by molar-refractivity contribution is 0.437. The van der Waals surface area contributed by atoms with Crippen LogP contribution in [0.3, 0.4) is 0 Å². The van der Waals surface area contributed by atoms with Crippen LogP contribution in [0.15, 0.2) is 30.3 Å². The molecule has 0 aliphatic carbocycles. The third-order valence-electron chi connectivity index (χ3n) is 2.51. The van der Waals surface area contributed by atoms with E-state index in [4.69, 9.17) is 10.5 Å². The molecule has 2 rings (SSSR count). The molecule has 0 aliphatic heterocycles. The molecule has 0 unspecified atom stereocenters. The van der Waals surface area contributed by atoms with E-state index in [9.17, 15) is 0 Å². The van der Waals surface area contributed by atoms with Crippen LogP contribution in [0.25, 0.3) is 0 Å². The largest absolute Gasteiger partial charge is 0.424 e. The minimum atomic E-state index is 0.342. The van der Waals surface area contributed by atoms with Gasteiger partial charge in [0, 0.05) is 17.4 Å². The van der Waals surface area contributed by atoms with Gasteiger partial charge in [0.25, 0.3) is 0 Å². The van der Waals surface area contributed by atoms with Gasteiger partial charge in [0.1, 0.15) is 5.75 Å². The third kappa shape index (κ3) is 2.97. The van der Waals surface area contributed by atoms with E-state index in [1.54, 1.807) is 6.07 Å². The number of aromatic nitrogens is 2. The molecule has 0 spiro atoms. The molecule has 0 saturated carbocycles. The van der Waals surface area contributed by atoms with Crippen LogP contribution >= 0.6 is 0 Å². The van der Waals surface area contributed by atoms with Gasteiger partial charge >= 0.3 is 6.01 Å². The highest BCUT2D eigenvalue weighted by Gasteiger charge is 2.07. The maximum absolute atomic E-state index is 5.70. The first kappa shape index (κ1) is 12.4. The van der Waals surface area contributed by atoms with Crippen LogP contribution in [-0.2, 0) is 0 Å². The summed E-state index contributed by atoms with van der Waals surface area (Å²) in [6.07, 6.45) is 0. The van der Waals surface area contributed by atoms with Gasteiger partial charge in [0.15, 0.2) is 0 Å². The van der Waals surface area contributed by atoms with Crippen LogP contribution < -0.4 is 10.5 Å². The molecule has 0 saturated heterocycles. The topological polar surface area (TPSA) is 61.0 Å². The summed E-state index contributed by atoms with van der Waals surface area (Å²) < 4.78 is 5.63. The Balaban J connectivity index is 2.29. The molecule has 0 bridgehead atoms. The predicted octanol–water partition coefficient (Wildman–Crippen LogP) is 3.28. The first-order valence-corrected chi connectivity index (χ1v) is 5.93. The number of hydrogen-bond acceptors (Lipinski definition) is 4. The molecule has 1 aromatic heterocycles. The lowest BCUT2D eigenvalue weighted by Crippen LogP contribution is -2.00. The molecule has 0 aliphatic rings. The lowest BCUT2D eigenvalue weighted by Gasteiger charge is -2.09. The number of hydrogen-bond donors (Lipinski definition) is 1. The maximum atomic E-state index is 5.70. The molecule has 0 amide bonds. The van der Waals surface area contributed by atoms with Crippen molar-refractivity contribution in [3.05, 3.63) is 41.7 Å². The summed E-state index contributed by atoms with van der Waals surface area (Å²) in [6.45, 7) is 6.11. The molecule has 0 fully saturated rings. The van der Waals surface area contributed by atoms with Crippen molar-refractivity contribution in [2.24, 2.45) is 0 Å². The molecule has 2 aromatic rings. The fourth-order valence-electron chi connectivity index (χ4n) is 1.59. The minimum absolute atomic E-state index is 0.342. The minimum Gasteiger partial charge on any atom is -0.424 e. The van der Waals surface area contributed by atoms with Crippen LogP contribution in [0.4, 0.5) is 5.69 Å². The molecule has 1 aromatic carbocycles. The van der Waals surface area contributed by atoms with Crippen LogP contribution in [0.2, 0.25) is 0 Å². The van der Waals surface area contributed by atoms with Crippen LogP contribution in [0, 0.1) is 6.92 Å². The summed E-state index contributed by atoms with van der Waals surface area (Å²) in [5.41, 5.74) is 8.23. The first-order chi connectivity index (χ1) is 8.54. The Bertz CT molecular complexity index is 552. The van der Waals surface area contributed by atoms with E-state index in [1.807, 2.05) is 31.2 Å². The molecule has 4 nitrogen and oxygen atoms in total. The molecule has 0 atom stereocenters. The second-order valence-corrected chi connectivity index (χ2v) is 4.55. The number of nitrogens with two attached hydrogens (primary N) is 1. The average molecular weight is 243 g/mol. The Morgan fingerprint density at radius 1 is 1.17 bits per heavy atom. The molecule has 0 radical (unpaired) electrons. The summed E-state index contributed by atoms with van der Waals surface area (Å²) in [5, 5.41) is 0. The summed E-state index contributed by atoms with van der Waals surface area (Å²) in [7, 11) is 0. The highest BCUT2D eigenvalue weighted by atomic mass is 16.5. The van der Waals surface area contributed by atoms with Crippen LogP contribution in [-0.4, -0.2) is 9.97 Å². The number of rotatable bonds is 3. The van der Waals surface area contributed by atoms with Crippen molar-refractivity contribution in [1.29, 1.82) is 0 Å². The SMILES string of the molecule is Cc1cc(C(C)C)nc(Oc2cccc(N)c2)n1. The molecule has 2 N–H and O–H groups in total. The van der Waals surface area contributed by atoms with E-state index in [1.165, 1.54) is 0 Å². The van der Waals surface area contributed by atoms with Crippen molar-refractivity contribution >= 4 is 5.69 Å². The number of nitrogen functional groups attached to an aromatic ring is 1. The van der Waals surface area contributed by atoms with Crippen LogP contribution in [0.1, 0.15) is 31.2 Å². The zero-order valence-corrected chi connectivity index (χ0v) is 10.8. The van der Waals surface area contributed by atoms with Gasteiger partial charge in [-0.25, -0.2) is 4.98 Å². The Morgan fingerprint density at radius 2 is 1.94 bits per heavy atom. The van der Waals surface area contributed by atoms with Crippen molar-refractivity contribution in [1.82, 2.24) is 9.97 Å². The summed E-state index contributed by atoms with van der Waals surface area (Å²) in [6, 6.07) is 9.56. The fourth-order valence-corrected chi connectivity index (χ4v) is 1.59. The second kappa shape index (κ2) is 5.04. The summed E-state index contributed by atoms with van der Waals surface area (Å²) in [4.78, 5) is 8.65.